The van der Waals surface area contributed by atoms with Gasteiger partial charge in [0.05, 0.1) is 0 Å². The average Bonchev–Trinajstić information content (AvgIpc) is 2.39. The molecule has 0 aliphatic carbocycles. The Morgan fingerprint density at radius 3 is 2.58 bits per heavy atom. The number of benzene rings is 2. The van der Waals surface area contributed by atoms with E-state index in [-0.39, 0.29) is 0 Å². The SMILES string of the molecule is Fc1ccc(SCc2cc(SS)ccc2Cl)c(F)c1. The molecule has 0 aromatic heterocycles. The van der Waals surface area contributed by atoms with Gasteiger partial charge >= 0.3 is 0 Å². The first kappa shape index (κ1) is 15.0. The van der Waals surface area contributed by atoms with Crippen molar-refractivity contribution < 1.29 is 8.78 Å². The minimum Gasteiger partial charge on any atom is -0.207 e. The van der Waals surface area contributed by atoms with Gasteiger partial charge in [0.25, 0.3) is 0 Å². The van der Waals surface area contributed by atoms with Crippen LogP contribution < -0.4 is 0 Å². The second-order valence-corrected chi connectivity index (χ2v) is 6.33. The minimum atomic E-state index is -0.576. The van der Waals surface area contributed by atoms with E-state index in [1.807, 2.05) is 12.1 Å². The molecule has 0 unspecified atom stereocenters. The quantitative estimate of drug-likeness (QED) is 0.423. The first-order valence-corrected chi connectivity index (χ1v) is 8.51. The summed E-state index contributed by atoms with van der Waals surface area (Å²) in [6.45, 7) is 0. The van der Waals surface area contributed by atoms with E-state index in [0.29, 0.717) is 15.7 Å². The predicted octanol–water partition coefficient (Wildman–Crippen LogP) is 5.85. The molecule has 19 heavy (non-hydrogen) atoms. The normalized spacial score (nSPS) is 10.7. The summed E-state index contributed by atoms with van der Waals surface area (Å²) in [5.74, 6) is -0.613. The smallest absolute Gasteiger partial charge is 0.139 e. The van der Waals surface area contributed by atoms with Crippen LogP contribution in [0.15, 0.2) is 46.2 Å². The molecule has 0 spiro atoms. The number of rotatable bonds is 4. The predicted molar refractivity (Wildman–Crippen MR) is 82.2 cm³/mol. The molecule has 0 radical (unpaired) electrons. The zero-order valence-electron chi connectivity index (χ0n) is 9.57. The van der Waals surface area contributed by atoms with Crippen LogP contribution in [0.2, 0.25) is 5.02 Å². The van der Waals surface area contributed by atoms with E-state index >= 15 is 0 Å². The number of hydrogen-bond donors (Lipinski definition) is 1. The molecular formula is C13H9ClF2S3. The summed E-state index contributed by atoms with van der Waals surface area (Å²) in [4.78, 5) is 1.38. The minimum absolute atomic E-state index is 0.404. The van der Waals surface area contributed by atoms with Crippen molar-refractivity contribution in [2.75, 3.05) is 0 Å². The Kier molecular flexibility index (Phi) is 5.45. The highest BCUT2D eigenvalue weighted by atomic mass is 35.5. The highest BCUT2D eigenvalue weighted by molar-refractivity contribution is 8.68. The van der Waals surface area contributed by atoms with Gasteiger partial charge in [0.15, 0.2) is 0 Å². The van der Waals surface area contributed by atoms with Crippen molar-refractivity contribution in [3.05, 3.63) is 58.6 Å². The van der Waals surface area contributed by atoms with E-state index in [0.717, 1.165) is 16.5 Å². The molecule has 0 atom stereocenters. The van der Waals surface area contributed by atoms with Crippen molar-refractivity contribution in [1.82, 2.24) is 0 Å². The Bertz CT molecular complexity index is 590. The monoisotopic (exact) mass is 334 g/mol. The summed E-state index contributed by atoms with van der Waals surface area (Å²) >= 11 is 11.5. The summed E-state index contributed by atoms with van der Waals surface area (Å²) in [5.41, 5.74) is 0.898. The molecule has 0 bridgehead atoms. The second kappa shape index (κ2) is 6.88. The van der Waals surface area contributed by atoms with Gasteiger partial charge in [-0.15, -0.1) is 23.4 Å². The summed E-state index contributed by atoms with van der Waals surface area (Å²) in [7, 11) is 1.32. The van der Waals surface area contributed by atoms with Crippen molar-refractivity contribution in [3.8, 4) is 0 Å². The summed E-state index contributed by atoms with van der Waals surface area (Å²) in [6.07, 6.45) is 0. The van der Waals surface area contributed by atoms with Crippen LogP contribution in [0.3, 0.4) is 0 Å². The van der Waals surface area contributed by atoms with Crippen molar-refractivity contribution in [2.24, 2.45) is 0 Å². The van der Waals surface area contributed by atoms with Crippen LogP contribution in [0, 0.1) is 11.6 Å². The van der Waals surface area contributed by atoms with Crippen LogP contribution in [-0.4, -0.2) is 0 Å². The van der Waals surface area contributed by atoms with E-state index in [9.17, 15) is 8.78 Å². The van der Waals surface area contributed by atoms with Crippen LogP contribution in [-0.2, 0) is 5.75 Å². The van der Waals surface area contributed by atoms with Gasteiger partial charge in [0, 0.05) is 26.6 Å². The third kappa shape index (κ3) is 4.05. The van der Waals surface area contributed by atoms with Crippen molar-refractivity contribution in [3.63, 3.8) is 0 Å². The van der Waals surface area contributed by atoms with E-state index in [2.05, 4.69) is 11.7 Å². The average molecular weight is 335 g/mol. The van der Waals surface area contributed by atoms with E-state index < -0.39 is 11.6 Å². The Balaban J connectivity index is 2.14. The Morgan fingerprint density at radius 1 is 1.11 bits per heavy atom. The Hall–Kier alpha value is -0.360. The maximum Gasteiger partial charge on any atom is 0.139 e. The number of thiol groups is 1. The van der Waals surface area contributed by atoms with Gasteiger partial charge in [0.1, 0.15) is 11.6 Å². The van der Waals surface area contributed by atoms with Gasteiger partial charge in [-0.25, -0.2) is 8.78 Å². The molecule has 0 nitrogen and oxygen atoms in total. The van der Waals surface area contributed by atoms with E-state index in [1.165, 1.54) is 34.7 Å². The first-order valence-electron chi connectivity index (χ1n) is 5.28. The molecule has 0 aliphatic heterocycles. The lowest BCUT2D eigenvalue weighted by Gasteiger charge is -2.07. The van der Waals surface area contributed by atoms with E-state index in [4.69, 9.17) is 11.6 Å². The molecule has 0 aliphatic rings. The number of halogens is 3. The molecule has 2 rings (SSSR count). The van der Waals surface area contributed by atoms with Crippen molar-refractivity contribution in [2.45, 2.75) is 15.5 Å². The van der Waals surface area contributed by atoms with Crippen LogP contribution >= 0.6 is 45.8 Å². The largest absolute Gasteiger partial charge is 0.207 e. The van der Waals surface area contributed by atoms with Gasteiger partial charge in [-0.05, 0) is 35.9 Å². The fourth-order valence-electron chi connectivity index (χ4n) is 1.47. The molecule has 0 fully saturated rings. The third-order valence-electron chi connectivity index (χ3n) is 2.40. The molecule has 2 aromatic rings. The topological polar surface area (TPSA) is 0 Å². The maximum absolute atomic E-state index is 13.5. The third-order valence-corrected chi connectivity index (χ3v) is 4.96. The number of thioether (sulfide) groups is 1. The highest BCUT2D eigenvalue weighted by Crippen LogP contribution is 2.32. The number of hydrogen-bond acceptors (Lipinski definition) is 3. The summed E-state index contributed by atoms with van der Waals surface area (Å²) in [5, 5.41) is 0.626. The molecular weight excluding hydrogens is 326 g/mol. The van der Waals surface area contributed by atoms with Crippen LogP contribution in [0.5, 0.6) is 0 Å². The summed E-state index contributed by atoms with van der Waals surface area (Å²) in [6, 6.07) is 9.12. The van der Waals surface area contributed by atoms with Gasteiger partial charge in [0.2, 0.25) is 0 Å². The zero-order valence-corrected chi connectivity index (χ0v) is 12.9. The van der Waals surface area contributed by atoms with Crippen molar-refractivity contribution >= 4 is 45.8 Å². The summed E-state index contributed by atoms with van der Waals surface area (Å²) < 4.78 is 26.3. The molecule has 0 saturated carbocycles. The van der Waals surface area contributed by atoms with E-state index in [1.54, 1.807) is 6.07 Å². The van der Waals surface area contributed by atoms with Crippen LogP contribution in [0.25, 0.3) is 0 Å². The lowest BCUT2D eigenvalue weighted by Crippen LogP contribution is -1.87. The fourth-order valence-corrected chi connectivity index (χ4v) is 3.31. The molecule has 2 aromatic carbocycles. The standard InChI is InChI=1S/C13H9ClF2S3/c14-11-3-2-10(19-17)5-8(11)7-18-13-4-1-9(15)6-12(13)16/h1-6,17H,7H2. The highest BCUT2D eigenvalue weighted by Gasteiger charge is 2.07. The van der Waals surface area contributed by atoms with Gasteiger partial charge < -0.3 is 0 Å². The molecule has 0 saturated heterocycles. The van der Waals surface area contributed by atoms with Crippen LogP contribution in [0.4, 0.5) is 8.78 Å². The maximum atomic E-state index is 13.5. The van der Waals surface area contributed by atoms with Gasteiger partial charge in [-0.1, -0.05) is 22.4 Å². The lowest BCUT2D eigenvalue weighted by atomic mass is 10.2. The Labute approximate surface area is 128 Å². The van der Waals surface area contributed by atoms with Crippen molar-refractivity contribution in [1.29, 1.82) is 0 Å². The molecule has 100 valence electrons. The first-order chi connectivity index (χ1) is 9.10. The van der Waals surface area contributed by atoms with Gasteiger partial charge in [-0.3, -0.25) is 0 Å². The molecule has 0 N–H and O–H groups in total. The second-order valence-electron chi connectivity index (χ2n) is 3.71. The zero-order chi connectivity index (χ0) is 13.8. The lowest BCUT2D eigenvalue weighted by molar-refractivity contribution is 0.565. The molecule has 0 heterocycles. The Morgan fingerprint density at radius 2 is 1.89 bits per heavy atom. The molecule has 6 heteroatoms. The fraction of sp³-hybridized carbons (Fsp3) is 0.0769. The van der Waals surface area contributed by atoms with Gasteiger partial charge in [-0.2, -0.15) is 0 Å². The molecule has 0 amide bonds. The van der Waals surface area contributed by atoms with Crippen LogP contribution in [0.1, 0.15) is 5.56 Å².